The van der Waals surface area contributed by atoms with Crippen LogP contribution < -0.4 is 5.32 Å². The Morgan fingerprint density at radius 1 is 1.27 bits per heavy atom. The number of likely N-dealkylation sites (tertiary alicyclic amines) is 1. The molecule has 7 nitrogen and oxygen atoms in total. The smallest absolute Gasteiger partial charge is 0.254 e. The van der Waals surface area contributed by atoms with Crippen LogP contribution in [0.4, 0.5) is 5.82 Å². The summed E-state index contributed by atoms with van der Waals surface area (Å²) in [7, 11) is 5.60. The van der Waals surface area contributed by atoms with Crippen molar-refractivity contribution in [3.63, 3.8) is 0 Å². The number of methoxy groups -OCH3 is 1. The Morgan fingerprint density at radius 2 is 2.04 bits per heavy atom. The lowest BCUT2D eigenvalue weighted by Gasteiger charge is -2.39. The number of anilines is 1. The van der Waals surface area contributed by atoms with Crippen molar-refractivity contribution in [3.05, 3.63) is 17.1 Å². The second-order valence-electron chi connectivity index (χ2n) is 7.82. The number of ether oxygens (including phenoxy) is 1. The first kappa shape index (κ1) is 19.0. The van der Waals surface area contributed by atoms with Gasteiger partial charge in [-0.25, -0.2) is 9.97 Å². The van der Waals surface area contributed by atoms with Crippen molar-refractivity contribution >= 4 is 11.7 Å². The van der Waals surface area contributed by atoms with Crippen molar-refractivity contribution < 1.29 is 9.53 Å². The van der Waals surface area contributed by atoms with Crippen molar-refractivity contribution in [1.29, 1.82) is 0 Å². The molecule has 0 unspecified atom stereocenters. The van der Waals surface area contributed by atoms with Gasteiger partial charge >= 0.3 is 0 Å². The number of rotatable bonds is 4. The van der Waals surface area contributed by atoms with Gasteiger partial charge in [-0.3, -0.25) is 4.79 Å². The van der Waals surface area contributed by atoms with Crippen LogP contribution in [0.15, 0.2) is 0 Å². The molecule has 0 radical (unpaired) electrons. The highest BCUT2D eigenvalue weighted by Gasteiger charge is 2.38. The van der Waals surface area contributed by atoms with Gasteiger partial charge in [0.05, 0.1) is 11.7 Å². The third-order valence-corrected chi connectivity index (χ3v) is 5.59. The quantitative estimate of drug-likeness (QED) is 0.884. The molecule has 2 aliphatic rings. The number of hydrogen-bond acceptors (Lipinski definition) is 6. The number of nitrogens with one attached hydrogen (secondary N) is 1. The van der Waals surface area contributed by atoms with Gasteiger partial charge in [-0.2, -0.15) is 0 Å². The van der Waals surface area contributed by atoms with E-state index < -0.39 is 5.60 Å². The zero-order valence-corrected chi connectivity index (χ0v) is 16.6. The van der Waals surface area contributed by atoms with Gasteiger partial charge in [0.25, 0.3) is 5.91 Å². The zero-order valence-electron chi connectivity index (χ0n) is 16.6. The molecule has 3 heterocycles. The summed E-state index contributed by atoms with van der Waals surface area (Å²) in [5, 5.41) is 3.23. The summed E-state index contributed by atoms with van der Waals surface area (Å²) < 4.78 is 5.43. The molecule has 26 heavy (non-hydrogen) atoms. The number of fused-ring (bicyclic) bond motifs is 1. The summed E-state index contributed by atoms with van der Waals surface area (Å²) >= 11 is 0. The molecule has 0 spiro atoms. The van der Waals surface area contributed by atoms with Crippen LogP contribution in [0, 0.1) is 0 Å². The number of aromatic nitrogens is 2. The Bertz CT molecular complexity index is 659. The van der Waals surface area contributed by atoms with Gasteiger partial charge in [-0.05, 0) is 40.2 Å². The maximum Gasteiger partial charge on any atom is 0.254 e. The van der Waals surface area contributed by atoms with Gasteiger partial charge in [0.1, 0.15) is 11.4 Å². The summed E-state index contributed by atoms with van der Waals surface area (Å²) in [4.78, 5) is 27.0. The van der Waals surface area contributed by atoms with E-state index in [0.29, 0.717) is 0 Å². The van der Waals surface area contributed by atoms with Crippen LogP contribution >= 0.6 is 0 Å². The van der Waals surface area contributed by atoms with E-state index in [0.717, 1.165) is 62.7 Å². The molecule has 1 fully saturated rings. The SMILES string of the molecule is CNc1nc([C@@H]2CCCCN2C(=O)C(C)(C)OC)nc2c1CN(C)CC2. The van der Waals surface area contributed by atoms with Gasteiger partial charge < -0.3 is 19.9 Å². The molecule has 3 rings (SSSR count). The number of likely N-dealkylation sites (N-methyl/N-ethyl adjacent to an activating group) is 1. The number of carbonyl (C=O) groups excluding carboxylic acids is 1. The van der Waals surface area contributed by atoms with Crippen molar-refractivity contribution in [3.8, 4) is 0 Å². The Hall–Kier alpha value is -1.73. The number of carbonyl (C=O) groups is 1. The van der Waals surface area contributed by atoms with Crippen LogP contribution in [0.3, 0.4) is 0 Å². The van der Waals surface area contributed by atoms with E-state index >= 15 is 0 Å². The van der Waals surface area contributed by atoms with Crippen LogP contribution in [0.25, 0.3) is 0 Å². The van der Waals surface area contributed by atoms with E-state index in [4.69, 9.17) is 14.7 Å². The van der Waals surface area contributed by atoms with E-state index in [1.165, 1.54) is 5.56 Å². The van der Waals surface area contributed by atoms with Crippen molar-refractivity contribution in [2.24, 2.45) is 0 Å². The molecule has 2 aliphatic heterocycles. The minimum Gasteiger partial charge on any atom is -0.373 e. The summed E-state index contributed by atoms with van der Waals surface area (Å²) in [6, 6.07) is -0.0808. The first-order valence-electron chi connectivity index (χ1n) is 9.49. The highest BCUT2D eigenvalue weighted by Crippen LogP contribution is 2.33. The average Bonchev–Trinajstić information content (AvgIpc) is 2.66. The summed E-state index contributed by atoms with van der Waals surface area (Å²) in [6.07, 6.45) is 3.91. The number of piperidine rings is 1. The zero-order chi connectivity index (χ0) is 18.9. The normalized spacial score (nSPS) is 21.4. The van der Waals surface area contributed by atoms with Crippen molar-refractivity contribution in [1.82, 2.24) is 19.8 Å². The third-order valence-electron chi connectivity index (χ3n) is 5.59. The van der Waals surface area contributed by atoms with E-state index in [1.54, 1.807) is 7.11 Å². The highest BCUT2D eigenvalue weighted by atomic mass is 16.5. The van der Waals surface area contributed by atoms with Gasteiger partial charge in [0.2, 0.25) is 0 Å². The van der Waals surface area contributed by atoms with Crippen LogP contribution in [0.5, 0.6) is 0 Å². The van der Waals surface area contributed by atoms with E-state index in [2.05, 4.69) is 17.3 Å². The molecule has 144 valence electrons. The van der Waals surface area contributed by atoms with Crippen LogP contribution in [-0.4, -0.2) is 65.6 Å². The lowest BCUT2D eigenvalue weighted by atomic mass is 9.97. The lowest BCUT2D eigenvalue weighted by molar-refractivity contribution is -0.155. The summed E-state index contributed by atoms with van der Waals surface area (Å²) in [5.41, 5.74) is 1.45. The molecule has 1 atom stereocenters. The fourth-order valence-corrected chi connectivity index (χ4v) is 3.80. The average molecular weight is 361 g/mol. The lowest BCUT2D eigenvalue weighted by Crippen LogP contribution is -2.50. The largest absolute Gasteiger partial charge is 0.373 e. The molecule has 1 amide bonds. The Labute approximate surface area is 156 Å². The van der Waals surface area contributed by atoms with Crippen LogP contribution in [0.2, 0.25) is 0 Å². The summed E-state index contributed by atoms with van der Waals surface area (Å²) in [5.74, 6) is 1.66. The van der Waals surface area contributed by atoms with E-state index in [-0.39, 0.29) is 11.9 Å². The molecule has 0 aliphatic carbocycles. The topological polar surface area (TPSA) is 70.6 Å². The highest BCUT2D eigenvalue weighted by molar-refractivity contribution is 5.84. The summed E-state index contributed by atoms with van der Waals surface area (Å²) in [6.45, 7) is 6.23. The first-order chi connectivity index (χ1) is 12.4. The Balaban J connectivity index is 1.97. The standard InChI is InChI=1S/C19H31N5O2/c1-19(2,26-5)18(25)24-10-7-6-8-15(24)17-21-14-9-11-23(4)12-13(14)16(20-3)22-17/h15H,6-12H2,1-5H3,(H,20,21,22)/t15-/m0/s1. The van der Waals surface area contributed by atoms with Gasteiger partial charge in [0.15, 0.2) is 5.82 Å². The van der Waals surface area contributed by atoms with Crippen molar-refractivity contribution in [2.45, 2.75) is 57.7 Å². The second-order valence-corrected chi connectivity index (χ2v) is 7.82. The molecule has 1 N–H and O–H groups in total. The van der Waals surface area contributed by atoms with E-state index in [1.807, 2.05) is 25.8 Å². The van der Waals surface area contributed by atoms with Gasteiger partial charge in [0, 0.05) is 45.8 Å². The fraction of sp³-hybridized carbons (Fsp3) is 0.737. The number of amides is 1. The van der Waals surface area contributed by atoms with Gasteiger partial charge in [-0.1, -0.05) is 0 Å². The third kappa shape index (κ3) is 3.55. The molecule has 0 saturated carbocycles. The van der Waals surface area contributed by atoms with E-state index in [9.17, 15) is 4.79 Å². The predicted octanol–water partition coefficient (Wildman–Crippen LogP) is 1.98. The minimum absolute atomic E-state index is 0.0109. The Morgan fingerprint density at radius 3 is 2.73 bits per heavy atom. The van der Waals surface area contributed by atoms with Crippen molar-refractivity contribution in [2.75, 3.05) is 39.6 Å². The fourth-order valence-electron chi connectivity index (χ4n) is 3.80. The number of nitrogens with zero attached hydrogens (tertiary/aromatic N) is 4. The minimum atomic E-state index is -0.835. The Kier molecular flexibility index (Phi) is 5.48. The second kappa shape index (κ2) is 7.48. The molecular formula is C19H31N5O2. The maximum atomic E-state index is 13.0. The molecule has 1 saturated heterocycles. The molecular weight excluding hydrogens is 330 g/mol. The van der Waals surface area contributed by atoms with Gasteiger partial charge in [-0.15, -0.1) is 0 Å². The molecule has 0 aromatic carbocycles. The predicted molar refractivity (Wildman–Crippen MR) is 101 cm³/mol. The monoisotopic (exact) mass is 361 g/mol. The molecule has 0 bridgehead atoms. The molecule has 1 aromatic heterocycles. The van der Waals surface area contributed by atoms with Crippen LogP contribution in [-0.2, 0) is 22.5 Å². The maximum absolute atomic E-state index is 13.0. The molecule has 7 heteroatoms. The number of hydrogen-bond donors (Lipinski definition) is 1. The molecule has 1 aromatic rings. The van der Waals surface area contributed by atoms with Crippen LogP contribution in [0.1, 0.15) is 56.2 Å². The first-order valence-corrected chi connectivity index (χ1v) is 9.49.